The maximum Gasteiger partial charge on any atom is 0.0180 e. The van der Waals surface area contributed by atoms with Gasteiger partial charge >= 0.3 is 0 Å². The van der Waals surface area contributed by atoms with Gasteiger partial charge in [-0.05, 0) is 31.1 Å². The lowest BCUT2D eigenvalue weighted by Gasteiger charge is -2.06. The second kappa shape index (κ2) is 4.91. The predicted octanol–water partition coefficient (Wildman–Crippen LogP) is 0.907. The normalized spacial score (nSPS) is 10.2. The average molecular weight is 164 g/mol. The highest BCUT2D eigenvalue weighted by Gasteiger charge is 1.97. The predicted molar refractivity (Wildman–Crippen MR) is 52.0 cm³/mol. The Morgan fingerprint density at radius 3 is 2.50 bits per heavy atom. The van der Waals surface area contributed by atoms with E-state index in [1.807, 2.05) is 13.1 Å². The molecule has 0 unspecified atom stereocenters. The van der Waals surface area contributed by atoms with Gasteiger partial charge in [-0.2, -0.15) is 0 Å². The van der Waals surface area contributed by atoms with Crippen LogP contribution in [0.15, 0.2) is 24.3 Å². The third-order valence-corrected chi connectivity index (χ3v) is 1.98. The van der Waals surface area contributed by atoms with E-state index < -0.39 is 0 Å². The van der Waals surface area contributed by atoms with E-state index >= 15 is 0 Å². The molecule has 0 radical (unpaired) electrons. The number of nitrogens with two attached hydrogens (primary N) is 1. The van der Waals surface area contributed by atoms with E-state index in [0.29, 0.717) is 6.54 Å². The lowest BCUT2D eigenvalue weighted by Crippen LogP contribution is -2.12. The van der Waals surface area contributed by atoms with Crippen molar-refractivity contribution >= 4 is 0 Å². The Kier molecular flexibility index (Phi) is 3.77. The van der Waals surface area contributed by atoms with Crippen LogP contribution in [0.4, 0.5) is 0 Å². The van der Waals surface area contributed by atoms with Crippen molar-refractivity contribution in [3.8, 4) is 0 Å². The Bertz CT molecular complexity index is 233. The molecule has 0 aromatic heterocycles. The molecule has 1 aromatic rings. The van der Waals surface area contributed by atoms with Crippen LogP contribution in [0, 0.1) is 0 Å². The molecule has 0 amide bonds. The lowest BCUT2D eigenvalue weighted by atomic mass is 10.1. The van der Waals surface area contributed by atoms with Crippen LogP contribution >= 0.6 is 0 Å². The molecular formula is C10H16N2. The van der Waals surface area contributed by atoms with Crippen LogP contribution < -0.4 is 11.1 Å². The minimum atomic E-state index is 0.639. The first-order valence-electron chi connectivity index (χ1n) is 4.30. The summed E-state index contributed by atoms with van der Waals surface area (Å²) in [4.78, 5) is 0. The molecule has 2 heteroatoms. The lowest BCUT2D eigenvalue weighted by molar-refractivity contribution is 0.784. The number of nitrogens with one attached hydrogen (secondary N) is 1. The molecular weight excluding hydrogens is 148 g/mol. The molecule has 66 valence electrons. The standard InChI is InChI=1S/C10H16N2/c1-12-7-6-9-4-2-3-5-10(9)8-11/h2-5,12H,6-8,11H2,1H3. The number of likely N-dealkylation sites (N-methyl/N-ethyl adjacent to an activating group) is 1. The van der Waals surface area contributed by atoms with Crippen LogP contribution in [0.1, 0.15) is 11.1 Å². The third-order valence-electron chi connectivity index (χ3n) is 1.98. The second-order valence-corrected chi connectivity index (χ2v) is 2.83. The first-order chi connectivity index (χ1) is 5.88. The van der Waals surface area contributed by atoms with Crippen LogP contribution in [0.5, 0.6) is 0 Å². The number of rotatable bonds is 4. The summed E-state index contributed by atoms with van der Waals surface area (Å²) in [5, 5.41) is 3.13. The summed E-state index contributed by atoms with van der Waals surface area (Å²) in [5.41, 5.74) is 8.22. The Labute approximate surface area is 73.8 Å². The molecule has 0 saturated carbocycles. The zero-order chi connectivity index (χ0) is 8.81. The summed E-state index contributed by atoms with van der Waals surface area (Å²) in [7, 11) is 1.96. The number of benzene rings is 1. The van der Waals surface area contributed by atoms with Crippen molar-refractivity contribution in [3.05, 3.63) is 35.4 Å². The molecule has 0 heterocycles. The summed E-state index contributed by atoms with van der Waals surface area (Å²) in [6.45, 7) is 1.65. The van der Waals surface area contributed by atoms with Crippen LogP contribution in [0.25, 0.3) is 0 Å². The molecule has 0 atom stereocenters. The van der Waals surface area contributed by atoms with Crippen LogP contribution in [-0.4, -0.2) is 13.6 Å². The fourth-order valence-electron chi connectivity index (χ4n) is 1.26. The monoisotopic (exact) mass is 164 g/mol. The molecule has 0 bridgehead atoms. The van der Waals surface area contributed by atoms with Crippen LogP contribution in [0.2, 0.25) is 0 Å². The van der Waals surface area contributed by atoms with Crippen molar-refractivity contribution in [3.63, 3.8) is 0 Å². The van der Waals surface area contributed by atoms with E-state index in [1.54, 1.807) is 0 Å². The Hall–Kier alpha value is -0.860. The summed E-state index contributed by atoms with van der Waals surface area (Å²) in [6, 6.07) is 8.32. The van der Waals surface area contributed by atoms with Crippen molar-refractivity contribution < 1.29 is 0 Å². The molecule has 0 aliphatic carbocycles. The molecule has 3 N–H and O–H groups in total. The van der Waals surface area contributed by atoms with Gasteiger partial charge in [0.05, 0.1) is 0 Å². The van der Waals surface area contributed by atoms with Gasteiger partial charge in [0.15, 0.2) is 0 Å². The highest BCUT2D eigenvalue weighted by Crippen LogP contribution is 2.07. The zero-order valence-corrected chi connectivity index (χ0v) is 7.51. The summed E-state index contributed by atoms with van der Waals surface area (Å²) in [5.74, 6) is 0. The van der Waals surface area contributed by atoms with Gasteiger partial charge < -0.3 is 11.1 Å². The van der Waals surface area contributed by atoms with Crippen molar-refractivity contribution in [1.29, 1.82) is 0 Å². The van der Waals surface area contributed by atoms with Gasteiger partial charge in [-0.1, -0.05) is 24.3 Å². The maximum absolute atomic E-state index is 5.60. The van der Waals surface area contributed by atoms with E-state index in [4.69, 9.17) is 5.73 Å². The Morgan fingerprint density at radius 1 is 1.25 bits per heavy atom. The SMILES string of the molecule is CNCCc1ccccc1CN. The van der Waals surface area contributed by atoms with Crippen LogP contribution in [-0.2, 0) is 13.0 Å². The van der Waals surface area contributed by atoms with Crippen molar-refractivity contribution in [2.45, 2.75) is 13.0 Å². The Morgan fingerprint density at radius 2 is 1.92 bits per heavy atom. The molecule has 1 rings (SSSR count). The third kappa shape index (κ3) is 2.32. The highest BCUT2D eigenvalue weighted by molar-refractivity contribution is 5.27. The van der Waals surface area contributed by atoms with Crippen molar-refractivity contribution in [2.75, 3.05) is 13.6 Å². The minimum absolute atomic E-state index is 0.639. The van der Waals surface area contributed by atoms with Gasteiger partial charge in [0.2, 0.25) is 0 Å². The first-order valence-corrected chi connectivity index (χ1v) is 4.30. The molecule has 0 aliphatic heterocycles. The molecule has 0 spiro atoms. The average Bonchev–Trinajstić information content (AvgIpc) is 2.15. The van der Waals surface area contributed by atoms with Gasteiger partial charge in [0, 0.05) is 6.54 Å². The fraction of sp³-hybridized carbons (Fsp3) is 0.400. The molecule has 2 nitrogen and oxygen atoms in total. The van der Waals surface area contributed by atoms with E-state index in [1.165, 1.54) is 11.1 Å². The topological polar surface area (TPSA) is 38.0 Å². The molecule has 12 heavy (non-hydrogen) atoms. The minimum Gasteiger partial charge on any atom is -0.326 e. The van der Waals surface area contributed by atoms with Crippen LogP contribution in [0.3, 0.4) is 0 Å². The van der Waals surface area contributed by atoms with Crippen molar-refractivity contribution in [1.82, 2.24) is 5.32 Å². The summed E-state index contributed by atoms with van der Waals surface area (Å²) >= 11 is 0. The van der Waals surface area contributed by atoms with Crippen molar-refractivity contribution in [2.24, 2.45) is 5.73 Å². The Balaban J connectivity index is 2.68. The van der Waals surface area contributed by atoms with Gasteiger partial charge in [0.1, 0.15) is 0 Å². The van der Waals surface area contributed by atoms with E-state index in [2.05, 4.69) is 23.5 Å². The fourth-order valence-corrected chi connectivity index (χ4v) is 1.26. The number of hydrogen-bond acceptors (Lipinski definition) is 2. The summed E-state index contributed by atoms with van der Waals surface area (Å²) < 4.78 is 0. The van der Waals surface area contributed by atoms with E-state index in [0.717, 1.165) is 13.0 Å². The maximum atomic E-state index is 5.60. The molecule has 1 aromatic carbocycles. The quantitative estimate of drug-likeness (QED) is 0.694. The van der Waals surface area contributed by atoms with Gasteiger partial charge in [-0.15, -0.1) is 0 Å². The molecule has 0 fully saturated rings. The smallest absolute Gasteiger partial charge is 0.0180 e. The van der Waals surface area contributed by atoms with E-state index in [-0.39, 0.29) is 0 Å². The molecule has 0 saturated heterocycles. The van der Waals surface area contributed by atoms with E-state index in [9.17, 15) is 0 Å². The van der Waals surface area contributed by atoms with Gasteiger partial charge in [-0.3, -0.25) is 0 Å². The first kappa shape index (κ1) is 9.23. The number of hydrogen-bond donors (Lipinski definition) is 2. The van der Waals surface area contributed by atoms with Gasteiger partial charge in [0.25, 0.3) is 0 Å². The highest BCUT2D eigenvalue weighted by atomic mass is 14.8. The van der Waals surface area contributed by atoms with Gasteiger partial charge in [-0.25, -0.2) is 0 Å². The molecule has 0 aliphatic rings. The second-order valence-electron chi connectivity index (χ2n) is 2.83. The summed E-state index contributed by atoms with van der Waals surface area (Å²) in [6.07, 6.45) is 1.06. The zero-order valence-electron chi connectivity index (χ0n) is 7.51. The largest absolute Gasteiger partial charge is 0.326 e.